The average Bonchev–Trinajstić information content (AvgIpc) is 3.72. The van der Waals surface area contributed by atoms with Gasteiger partial charge in [0.25, 0.3) is 17.6 Å². The van der Waals surface area contributed by atoms with Gasteiger partial charge in [0, 0.05) is 49.7 Å². The first-order chi connectivity index (χ1) is 21.2. The molecule has 2 amide bonds. The molecule has 0 unspecified atom stereocenters. The molecular formula is C31H25F3N6O4. The van der Waals surface area contributed by atoms with Gasteiger partial charge in [-0.3, -0.25) is 14.4 Å². The topological polar surface area (TPSA) is 113 Å². The normalized spacial score (nSPS) is 13.7. The van der Waals surface area contributed by atoms with Crippen molar-refractivity contribution in [3.63, 3.8) is 0 Å². The van der Waals surface area contributed by atoms with Gasteiger partial charge in [-0.15, -0.1) is 0 Å². The van der Waals surface area contributed by atoms with Crippen LogP contribution in [0.25, 0.3) is 28.0 Å². The van der Waals surface area contributed by atoms with Crippen LogP contribution < -0.4 is 4.74 Å². The summed E-state index contributed by atoms with van der Waals surface area (Å²) in [6, 6.07) is 15.2. The Morgan fingerprint density at radius 3 is 2.36 bits per heavy atom. The standard InChI is InChI=1S/C31H25F3N6O4/c1-44-24-18-36-28(40-11-10-23(37-40)20-8-5-9-21(16-20)31(32,33)34)26-25(24)22(17-35-26)27(41)30(43)39-14-12-38(13-15-39)29(42)19-6-3-2-4-7-19/h2-11,16-18,35H,12-15H2,1H3. The number of H-pyrrole nitrogens is 1. The molecule has 0 saturated carbocycles. The maximum Gasteiger partial charge on any atom is 0.416 e. The van der Waals surface area contributed by atoms with Gasteiger partial charge in [0.15, 0.2) is 5.82 Å². The Bertz CT molecular complexity index is 1870. The third kappa shape index (κ3) is 5.27. The summed E-state index contributed by atoms with van der Waals surface area (Å²) in [7, 11) is 1.40. The van der Waals surface area contributed by atoms with Crippen LogP contribution in [0.5, 0.6) is 5.75 Å². The molecule has 0 atom stereocenters. The lowest BCUT2D eigenvalue weighted by Gasteiger charge is -2.34. The van der Waals surface area contributed by atoms with Gasteiger partial charge < -0.3 is 19.5 Å². The molecule has 10 nitrogen and oxygen atoms in total. The van der Waals surface area contributed by atoms with E-state index in [-0.39, 0.29) is 60.5 Å². The Kier molecular flexibility index (Phi) is 7.37. The number of hydrogen-bond acceptors (Lipinski definition) is 6. The first-order valence-electron chi connectivity index (χ1n) is 13.6. The highest BCUT2D eigenvalue weighted by Gasteiger charge is 2.32. The second-order valence-electron chi connectivity index (χ2n) is 10.1. The number of benzene rings is 2. The number of pyridine rings is 1. The van der Waals surface area contributed by atoms with Crippen LogP contribution in [0.3, 0.4) is 0 Å². The van der Waals surface area contributed by atoms with E-state index in [4.69, 9.17) is 4.74 Å². The lowest BCUT2D eigenvalue weighted by Crippen LogP contribution is -2.52. The van der Waals surface area contributed by atoms with Crippen molar-refractivity contribution < 1.29 is 32.3 Å². The quantitative estimate of drug-likeness (QED) is 0.224. The fraction of sp³-hybridized carbons (Fsp3) is 0.194. The van der Waals surface area contributed by atoms with Crippen molar-refractivity contribution in [3.8, 4) is 22.8 Å². The van der Waals surface area contributed by atoms with Crippen molar-refractivity contribution in [3.05, 3.63) is 95.9 Å². The van der Waals surface area contributed by atoms with Crippen LogP contribution in [0.4, 0.5) is 13.2 Å². The molecule has 6 rings (SSSR count). The van der Waals surface area contributed by atoms with E-state index in [2.05, 4.69) is 15.1 Å². The molecule has 3 aromatic heterocycles. The van der Waals surface area contributed by atoms with Gasteiger partial charge in [-0.05, 0) is 30.3 Å². The molecule has 44 heavy (non-hydrogen) atoms. The Morgan fingerprint density at radius 2 is 1.66 bits per heavy atom. The van der Waals surface area contributed by atoms with E-state index in [1.807, 2.05) is 6.07 Å². The van der Waals surface area contributed by atoms with Crippen LogP contribution in [-0.2, 0) is 11.0 Å². The summed E-state index contributed by atoms with van der Waals surface area (Å²) in [5.74, 6) is -1.13. The second-order valence-corrected chi connectivity index (χ2v) is 10.1. The second kappa shape index (κ2) is 11.3. The van der Waals surface area contributed by atoms with Crippen LogP contribution in [-0.4, -0.2) is 80.4 Å². The Balaban J connectivity index is 1.24. The van der Waals surface area contributed by atoms with Crippen LogP contribution >= 0.6 is 0 Å². The number of carbonyl (C=O) groups excluding carboxylic acids is 3. The van der Waals surface area contributed by atoms with E-state index in [0.717, 1.165) is 12.1 Å². The van der Waals surface area contributed by atoms with Crippen molar-refractivity contribution in [1.82, 2.24) is 29.5 Å². The minimum atomic E-state index is -4.50. The van der Waals surface area contributed by atoms with Gasteiger partial charge in [0.1, 0.15) is 5.75 Å². The van der Waals surface area contributed by atoms with Gasteiger partial charge in [-0.1, -0.05) is 30.3 Å². The number of nitrogens with one attached hydrogen (secondary N) is 1. The molecule has 4 heterocycles. The molecule has 0 aliphatic carbocycles. The molecule has 1 saturated heterocycles. The fourth-order valence-corrected chi connectivity index (χ4v) is 5.20. The highest BCUT2D eigenvalue weighted by molar-refractivity contribution is 6.45. The number of rotatable bonds is 6. The highest BCUT2D eigenvalue weighted by Crippen LogP contribution is 2.34. The van der Waals surface area contributed by atoms with Crippen LogP contribution in [0.1, 0.15) is 26.3 Å². The van der Waals surface area contributed by atoms with Crippen LogP contribution in [0.2, 0.25) is 0 Å². The monoisotopic (exact) mass is 602 g/mol. The van der Waals surface area contributed by atoms with E-state index in [1.165, 1.54) is 47.4 Å². The van der Waals surface area contributed by atoms with Crippen molar-refractivity contribution >= 4 is 28.5 Å². The maximum atomic E-state index is 13.5. The van der Waals surface area contributed by atoms with Gasteiger partial charge in [-0.25, -0.2) is 9.67 Å². The molecule has 1 aliphatic heterocycles. The Labute approximate surface area is 248 Å². The fourth-order valence-electron chi connectivity index (χ4n) is 5.20. The number of aromatic amines is 1. The predicted molar refractivity (Wildman–Crippen MR) is 153 cm³/mol. The van der Waals surface area contributed by atoms with Crippen LogP contribution in [0.15, 0.2) is 79.3 Å². The molecule has 1 N–H and O–H groups in total. The number of halogens is 3. The van der Waals surface area contributed by atoms with Gasteiger partial charge in [0.05, 0.1) is 41.0 Å². The van der Waals surface area contributed by atoms with Crippen molar-refractivity contribution in [1.29, 1.82) is 0 Å². The summed E-state index contributed by atoms with van der Waals surface area (Å²) >= 11 is 0. The van der Waals surface area contributed by atoms with E-state index < -0.39 is 23.4 Å². The Morgan fingerprint density at radius 1 is 0.932 bits per heavy atom. The summed E-state index contributed by atoms with van der Waals surface area (Å²) in [6.07, 6.45) is -0.190. The number of piperazine rings is 1. The maximum absolute atomic E-state index is 13.5. The van der Waals surface area contributed by atoms with Crippen molar-refractivity contribution in [2.75, 3.05) is 33.3 Å². The first-order valence-corrected chi connectivity index (χ1v) is 13.6. The molecule has 1 fully saturated rings. The SMILES string of the molecule is COc1cnc(-n2ccc(-c3cccc(C(F)(F)F)c3)n2)c2[nH]cc(C(=O)C(=O)N3CCN(C(=O)c4ccccc4)CC3)c12. The molecule has 1 aliphatic rings. The molecule has 0 spiro atoms. The summed E-state index contributed by atoms with van der Waals surface area (Å²) in [6.45, 7) is 0.957. The third-order valence-electron chi connectivity index (χ3n) is 7.48. The molecule has 5 aromatic rings. The Hall–Kier alpha value is -5.46. The van der Waals surface area contributed by atoms with Crippen LogP contribution in [0, 0.1) is 0 Å². The smallest absolute Gasteiger partial charge is 0.416 e. The summed E-state index contributed by atoms with van der Waals surface area (Å²) in [4.78, 5) is 50.0. The number of ketones is 1. The molecule has 224 valence electrons. The summed E-state index contributed by atoms with van der Waals surface area (Å²) < 4.78 is 46.5. The number of ether oxygens (including phenoxy) is 1. The van der Waals surface area contributed by atoms with E-state index >= 15 is 0 Å². The number of fused-ring (bicyclic) bond motifs is 1. The highest BCUT2D eigenvalue weighted by atomic mass is 19.4. The van der Waals surface area contributed by atoms with E-state index in [0.29, 0.717) is 16.5 Å². The van der Waals surface area contributed by atoms with Gasteiger partial charge in [0.2, 0.25) is 0 Å². The number of nitrogens with zero attached hydrogens (tertiary/aromatic N) is 5. The number of aromatic nitrogens is 4. The molecule has 0 bridgehead atoms. The van der Waals surface area contributed by atoms with Gasteiger partial charge in [-0.2, -0.15) is 18.3 Å². The van der Waals surface area contributed by atoms with E-state index in [1.54, 1.807) is 35.2 Å². The summed E-state index contributed by atoms with van der Waals surface area (Å²) in [5.41, 5.74) is 0.719. The minimum absolute atomic E-state index is 0.0681. The molecule has 13 heteroatoms. The predicted octanol–water partition coefficient (Wildman–Crippen LogP) is 4.61. The average molecular weight is 603 g/mol. The largest absolute Gasteiger partial charge is 0.494 e. The van der Waals surface area contributed by atoms with Crippen molar-refractivity contribution in [2.45, 2.75) is 6.18 Å². The van der Waals surface area contributed by atoms with E-state index in [9.17, 15) is 27.6 Å². The number of methoxy groups -OCH3 is 1. The number of alkyl halides is 3. The zero-order valence-corrected chi connectivity index (χ0v) is 23.3. The van der Waals surface area contributed by atoms with Gasteiger partial charge >= 0.3 is 6.18 Å². The molecular weight excluding hydrogens is 577 g/mol. The zero-order chi connectivity index (χ0) is 31.0. The van der Waals surface area contributed by atoms with Crippen molar-refractivity contribution in [2.24, 2.45) is 0 Å². The number of amides is 2. The summed E-state index contributed by atoms with van der Waals surface area (Å²) in [5, 5.41) is 4.73. The number of carbonyl (C=O) groups is 3. The number of Topliss-reactive ketones (excluding diaryl/α,β-unsaturated/α-hetero) is 1. The molecule has 0 radical (unpaired) electrons. The first kappa shape index (κ1) is 28.6. The third-order valence-corrected chi connectivity index (χ3v) is 7.48. The number of hydrogen-bond donors (Lipinski definition) is 1. The molecule has 2 aromatic carbocycles. The lowest BCUT2D eigenvalue weighted by molar-refractivity contribution is -0.137. The lowest BCUT2D eigenvalue weighted by atomic mass is 10.1. The zero-order valence-electron chi connectivity index (χ0n) is 23.3. The minimum Gasteiger partial charge on any atom is -0.494 e.